The highest BCUT2D eigenvalue weighted by Crippen LogP contribution is 2.26. The van der Waals surface area contributed by atoms with E-state index in [0.29, 0.717) is 22.0 Å². The van der Waals surface area contributed by atoms with Gasteiger partial charge in [-0.15, -0.1) is 0 Å². The number of nitrogens with zero attached hydrogens (tertiary/aromatic N) is 3. The van der Waals surface area contributed by atoms with Crippen molar-refractivity contribution in [2.75, 3.05) is 4.90 Å². The topological polar surface area (TPSA) is 115 Å². The number of pyridine rings is 1. The van der Waals surface area contributed by atoms with Crippen molar-refractivity contribution >= 4 is 41.0 Å². The molecule has 2 heterocycles. The molecular formula is C21H13ClN4O5. The first-order chi connectivity index (χ1) is 14.9. The molecule has 0 atom stereocenters. The normalized spacial score (nSPS) is 14.6. The number of anilines is 1. The van der Waals surface area contributed by atoms with Gasteiger partial charge in [-0.3, -0.25) is 14.9 Å². The number of ether oxygens (including phenoxy) is 1. The van der Waals surface area contributed by atoms with Gasteiger partial charge in [0.2, 0.25) is 5.88 Å². The number of imide groups is 1. The van der Waals surface area contributed by atoms with E-state index in [1.54, 1.807) is 48.5 Å². The Balaban J connectivity index is 1.48. The van der Waals surface area contributed by atoms with Crippen molar-refractivity contribution in [3.63, 3.8) is 0 Å². The minimum atomic E-state index is -0.567. The quantitative estimate of drug-likeness (QED) is 0.272. The van der Waals surface area contributed by atoms with Crippen LogP contribution in [-0.2, 0) is 4.79 Å². The Labute approximate surface area is 180 Å². The molecule has 1 fully saturated rings. The van der Waals surface area contributed by atoms with Gasteiger partial charge in [-0.1, -0.05) is 29.8 Å². The SMILES string of the molecule is O=C1NC(=Cc2ccc(Oc3ccc([N+](=O)[O-])cn3)cc2)C(=O)N1c1cccc(Cl)c1. The van der Waals surface area contributed by atoms with E-state index in [2.05, 4.69) is 10.3 Å². The summed E-state index contributed by atoms with van der Waals surface area (Å²) in [7, 11) is 0. The van der Waals surface area contributed by atoms with Gasteiger partial charge in [-0.25, -0.2) is 14.7 Å². The molecule has 0 spiro atoms. The summed E-state index contributed by atoms with van der Waals surface area (Å²) in [6.07, 6.45) is 2.65. The summed E-state index contributed by atoms with van der Waals surface area (Å²) in [5.74, 6) is 0.153. The van der Waals surface area contributed by atoms with Gasteiger partial charge in [0.1, 0.15) is 17.6 Å². The fourth-order valence-electron chi connectivity index (χ4n) is 2.85. The summed E-state index contributed by atoms with van der Waals surface area (Å²) in [6, 6.07) is 15.2. The number of aromatic nitrogens is 1. The second kappa shape index (κ2) is 8.25. The number of carbonyl (C=O) groups excluding carboxylic acids is 2. The largest absolute Gasteiger partial charge is 0.439 e. The summed E-state index contributed by atoms with van der Waals surface area (Å²) in [4.78, 5) is 39.9. The number of carbonyl (C=O) groups is 2. The van der Waals surface area contributed by atoms with Crippen molar-refractivity contribution in [3.8, 4) is 11.6 Å². The summed E-state index contributed by atoms with van der Waals surface area (Å²) in [5.41, 5.74) is 1.01. The number of nitro groups is 1. The highest BCUT2D eigenvalue weighted by atomic mass is 35.5. The van der Waals surface area contributed by atoms with Crippen molar-refractivity contribution in [2.24, 2.45) is 0 Å². The van der Waals surface area contributed by atoms with Crippen LogP contribution in [0.5, 0.6) is 11.6 Å². The molecule has 9 nitrogen and oxygen atoms in total. The Morgan fingerprint density at radius 2 is 1.87 bits per heavy atom. The van der Waals surface area contributed by atoms with Crippen LogP contribution in [0.15, 0.2) is 72.6 Å². The molecule has 0 unspecified atom stereocenters. The third-order valence-electron chi connectivity index (χ3n) is 4.29. The Bertz CT molecular complexity index is 1210. The lowest BCUT2D eigenvalue weighted by molar-refractivity contribution is -0.385. The zero-order chi connectivity index (χ0) is 22.0. The van der Waals surface area contributed by atoms with E-state index in [1.165, 1.54) is 18.2 Å². The molecule has 1 aliphatic heterocycles. The minimum absolute atomic E-state index is 0.121. The third-order valence-corrected chi connectivity index (χ3v) is 4.52. The van der Waals surface area contributed by atoms with Gasteiger partial charge in [0.15, 0.2) is 0 Å². The van der Waals surface area contributed by atoms with Crippen molar-refractivity contribution < 1.29 is 19.2 Å². The van der Waals surface area contributed by atoms with E-state index in [-0.39, 0.29) is 17.3 Å². The predicted octanol–water partition coefficient (Wildman–Crippen LogP) is 4.53. The Hall–Kier alpha value is -4.24. The standard InChI is InChI=1S/C21H13ClN4O5/c22-14-2-1-3-15(11-14)25-20(27)18(24-21(25)28)10-13-4-7-17(8-5-13)31-19-9-6-16(12-23-19)26(29)30/h1-12H,(H,24,28). The second-order valence-electron chi connectivity index (χ2n) is 6.39. The lowest BCUT2D eigenvalue weighted by atomic mass is 10.2. The van der Waals surface area contributed by atoms with E-state index in [1.807, 2.05) is 0 Å². The molecule has 1 aliphatic rings. The number of nitrogens with one attached hydrogen (secondary N) is 1. The molecule has 2 aromatic carbocycles. The monoisotopic (exact) mass is 436 g/mol. The molecular weight excluding hydrogens is 424 g/mol. The minimum Gasteiger partial charge on any atom is -0.439 e. The lowest BCUT2D eigenvalue weighted by Gasteiger charge is -2.11. The van der Waals surface area contributed by atoms with E-state index in [9.17, 15) is 19.7 Å². The number of halogens is 1. The number of hydrogen-bond acceptors (Lipinski definition) is 6. The molecule has 4 rings (SSSR count). The predicted molar refractivity (Wildman–Crippen MR) is 113 cm³/mol. The number of rotatable bonds is 5. The summed E-state index contributed by atoms with van der Waals surface area (Å²) >= 11 is 5.95. The Kier molecular flexibility index (Phi) is 5.33. The molecule has 31 heavy (non-hydrogen) atoms. The Morgan fingerprint density at radius 1 is 1.10 bits per heavy atom. The van der Waals surface area contributed by atoms with Crippen molar-refractivity contribution in [3.05, 3.63) is 93.3 Å². The number of amides is 3. The van der Waals surface area contributed by atoms with Crippen LogP contribution in [0.4, 0.5) is 16.2 Å². The van der Waals surface area contributed by atoms with E-state index in [4.69, 9.17) is 16.3 Å². The third kappa shape index (κ3) is 4.36. The van der Waals surface area contributed by atoms with Crippen molar-refractivity contribution in [2.45, 2.75) is 0 Å². The van der Waals surface area contributed by atoms with Gasteiger partial charge in [-0.05, 0) is 42.0 Å². The van der Waals surface area contributed by atoms with Gasteiger partial charge in [0.25, 0.3) is 11.6 Å². The second-order valence-corrected chi connectivity index (χ2v) is 6.83. The highest BCUT2D eigenvalue weighted by Gasteiger charge is 2.34. The van der Waals surface area contributed by atoms with Gasteiger partial charge < -0.3 is 10.1 Å². The summed E-state index contributed by atoms with van der Waals surface area (Å²) < 4.78 is 5.55. The molecule has 1 aromatic heterocycles. The molecule has 10 heteroatoms. The highest BCUT2D eigenvalue weighted by molar-refractivity contribution is 6.32. The Morgan fingerprint density at radius 3 is 2.52 bits per heavy atom. The maximum atomic E-state index is 12.7. The first-order valence-electron chi connectivity index (χ1n) is 8.92. The van der Waals surface area contributed by atoms with Crippen LogP contribution in [0.1, 0.15) is 5.56 Å². The lowest BCUT2D eigenvalue weighted by Crippen LogP contribution is -2.30. The zero-order valence-corrected chi connectivity index (χ0v) is 16.4. The number of benzene rings is 2. The van der Waals surface area contributed by atoms with Crippen LogP contribution in [0.3, 0.4) is 0 Å². The van der Waals surface area contributed by atoms with Crippen LogP contribution in [-0.4, -0.2) is 21.8 Å². The van der Waals surface area contributed by atoms with Crippen molar-refractivity contribution in [1.82, 2.24) is 10.3 Å². The number of urea groups is 1. The van der Waals surface area contributed by atoms with Crippen LogP contribution in [0.2, 0.25) is 5.02 Å². The van der Waals surface area contributed by atoms with E-state index < -0.39 is 16.9 Å². The first-order valence-corrected chi connectivity index (χ1v) is 9.29. The average Bonchev–Trinajstić information content (AvgIpc) is 3.02. The van der Waals surface area contributed by atoms with E-state index >= 15 is 0 Å². The maximum absolute atomic E-state index is 12.7. The molecule has 0 saturated carbocycles. The van der Waals surface area contributed by atoms with E-state index in [0.717, 1.165) is 11.1 Å². The fraction of sp³-hybridized carbons (Fsp3) is 0. The molecule has 0 bridgehead atoms. The van der Waals surface area contributed by atoms with Crippen LogP contribution in [0, 0.1) is 10.1 Å². The molecule has 3 amide bonds. The molecule has 3 aromatic rings. The first kappa shape index (κ1) is 20.0. The molecule has 154 valence electrons. The molecule has 0 radical (unpaired) electrons. The van der Waals surface area contributed by atoms with Crippen molar-refractivity contribution in [1.29, 1.82) is 0 Å². The molecule has 1 N–H and O–H groups in total. The van der Waals surface area contributed by atoms with Gasteiger partial charge in [0, 0.05) is 17.2 Å². The summed E-state index contributed by atoms with van der Waals surface area (Å²) in [6.45, 7) is 0. The van der Waals surface area contributed by atoms with Crippen LogP contribution >= 0.6 is 11.6 Å². The zero-order valence-electron chi connectivity index (χ0n) is 15.7. The smallest absolute Gasteiger partial charge is 0.333 e. The average molecular weight is 437 g/mol. The van der Waals surface area contributed by atoms with Gasteiger partial charge in [0.05, 0.1) is 10.6 Å². The van der Waals surface area contributed by atoms with Crippen LogP contribution < -0.4 is 15.0 Å². The maximum Gasteiger partial charge on any atom is 0.333 e. The van der Waals surface area contributed by atoms with Gasteiger partial charge >= 0.3 is 6.03 Å². The molecule has 0 aliphatic carbocycles. The summed E-state index contributed by atoms with van der Waals surface area (Å²) in [5, 5.41) is 13.6. The van der Waals surface area contributed by atoms with Crippen LogP contribution in [0.25, 0.3) is 6.08 Å². The molecule has 1 saturated heterocycles. The number of hydrogen-bond donors (Lipinski definition) is 1. The van der Waals surface area contributed by atoms with Gasteiger partial charge in [-0.2, -0.15) is 0 Å². The fourth-order valence-corrected chi connectivity index (χ4v) is 3.03.